The fourth-order valence-corrected chi connectivity index (χ4v) is 5.31. The lowest BCUT2D eigenvalue weighted by molar-refractivity contribution is 0.414. The molecule has 3 nitrogen and oxygen atoms in total. The van der Waals surface area contributed by atoms with E-state index < -0.39 is 0 Å². The summed E-state index contributed by atoms with van der Waals surface area (Å²) in [6.45, 7) is 0. The number of anilines is 3. The zero-order valence-electron chi connectivity index (χ0n) is 17.0. The number of methoxy groups -OCH3 is 1. The van der Waals surface area contributed by atoms with Crippen LogP contribution in [0.3, 0.4) is 0 Å². The first kappa shape index (κ1) is 18.2. The van der Waals surface area contributed by atoms with Gasteiger partial charge in [0, 0.05) is 32.3 Å². The van der Waals surface area contributed by atoms with Crippen molar-refractivity contribution in [3.05, 3.63) is 97.1 Å². The van der Waals surface area contributed by atoms with Gasteiger partial charge >= 0.3 is 0 Å². The molecule has 0 atom stereocenters. The summed E-state index contributed by atoms with van der Waals surface area (Å²) in [7, 11) is 1.72. The third-order valence-electron chi connectivity index (χ3n) is 5.70. The molecule has 31 heavy (non-hydrogen) atoms. The Morgan fingerprint density at radius 2 is 1.48 bits per heavy atom. The monoisotopic (exact) mass is 420 g/mol. The number of hydrogen-bond donors (Lipinski definition) is 1. The van der Waals surface area contributed by atoms with E-state index in [-0.39, 0.29) is 0 Å². The SMILES string of the molecule is COc1ccc2c(c1)N(c1c(-c3ccccc3)[nH]c3ccccc13)c1ccccc1S2. The second-order valence-corrected chi connectivity index (χ2v) is 8.58. The van der Waals surface area contributed by atoms with Gasteiger partial charge in [0.15, 0.2) is 0 Å². The molecule has 1 aliphatic rings. The Morgan fingerprint density at radius 1 is 0.742 bits per heavy atom. The van der Waals surface area contributed by atoms with Crippen molar-refractivity contribution in [3.8, 4) is 17.0 Å². The second-order valence-electron chi connectivity index (χ2n) is 7.50. The molecule has 1 N–H and O–H groups in total. The number of benzene rings is 4. The van der Waals surface area contributed by atoms with Crippen LogP contribution in [0.2, 0.25) is 0 Å². The highest BCUT2D eigenvalue weighted by Crippen LogP contribution is 2.55. The highest BCUT2D eigenvalue weighted by atomic mass is 32.2. The Hall–Kier alpha value is -3.63. The van der Waals surface area contributed by atoms with E-state index in [1.54, 1.807) is 18.9 Å². The van der Waals surface area contributed by atoms with Crippen LogP contribution in [0.25, 0.3) is 22.2 Å². The summed E-state index contributed by atoms with van der Waals surface area (Å²) < 4.78 is 5.59. The van der Waals surface area contributed by atoms with E-state index >= 15 is 0 Å². The lowest BCUT2D eigenvalue weighted by Gasteiger charge is -2.33. The number of para-hydroxylation sites is 2. The predicted octanol–water partition coefficient (Wildman–Crippen LogP) is 7.78. The Morgan fingerprint density at radius 3 is 2.35 bits per heavy atom. The zero-order chi connectivity index (χ0) is 20.8. The quantitative estimate of drug-likeness (QED) is 0.317. The molecule has 0 unspecified atom stereocenters. The van der Waals surface area contributed by atoms with Gasteiger partial charge in [0.25, 0.3) is 0 Å². The number of nitrogens with one attached hydrogen (secondary N) is 1. The minimum atomic E-state index is 0.852. The fourth-order valence-electron chi connectivity index (χ4n) is 4.28. The largest absolute Gasteiger partial charge is 0.497 e. The Kier molecular flexibility index (Phi) is 4.25. The van der Waals surface area contributed by atoms with Crippen molar-refractivity contribution >= 4 is 39.7 Å². The number of ether oxygens (including phenoxy) is 1. The summed E-state index contributed by atoms with van der Waals surface area (Å²) in [5, 5.41) is 1.19. The molecule has 0 saturated heterocycles. The van der Waals surface area contributed by atoms with Gasteiger partial charge in [-0.05, 0) is 30.3 Å². The van der Waals surface area contributed by atoms with Crippen LogP contribution in [-0.2, 0) is 0 Å². The first-order valence-corrected chi connectivity index (χ1v) is 11.1. The van der Waals surface area contributed by atoms with Crippen LogP contribution in [-0.4, -0.2) is 12.1 Å². The Balaban J connectivity index is 1.71. The summed E-state index contributed by atoms with van der Waals surface area (Å²) in [5.41, 5.74) is 6.85. The van der Waals surface area contributed by atoms with E-state index in [0.717, 1.165) is 33.9 Å². The van der Waals surface area contributed by atoms with Gasteiger partial charge in [0.2, 0.25) is 0 Å². The van der Waals surface area contributed by atoms with E-state index in [4.69, 9.17) is 4.74 Å². The molecular formula is C27H20N2OS. The van der Waals surface area contributed by atoms with Gasteiger partial charge in [-0.15, -0.1) is 0 Å². The van der Waals surface area contributed by atoms with Crippen LogP contribution < -0.4 is 9.64 Å². The topological polar surface area (TPSA) is 28.3 Å². The number of H-pyrrole nitrogens is 1. The first-order valence-electron chi connectivity index (χ1n) is 10.2. The van der Waals surface area contributed by atoms with Crippen molar-refractivity contribution in [2.45, 2.75) is 9.79 Å². The number of aromatic nitrogens is 1. The summed E-state index contributed by atoms with van der Waals surface area (Å²) in [4.78, 5) is 8.52. The molecule has 6 rings (SSSR count). The molecule has 0 radical (unpaired) electrons. The van der Waals surface area contributed by atoms with Gasteiger partial charge in [-0.3, -0.25) is 0 Å². The van der Waals surface area contributed by atoms with Gasteiger partial charge in [-0.1, -0.05) is 72.4 Å². The van der Waals surface area contributed by atoms with Crippen LogP contribution in [0.4, 0.5) is 17.1 Å². The summed E-state index contributed by atoms with van der Waals surface area (Å²) in [6.07, 6.45) is 0. The Labute approximate surface area is 185 Å². The molecular weight excluding hydrogens is 400 g/mol. The molecule has 150 valence electrons. The van der Waals surface area contributed by atoms with Crippen molar-refractivity contribution in [3.63, 3.8) is 0 Å². The lowest BCUT2D eigenvalue weighted by Crippen LogP contribution is -2.15. The normalized spacial score (nSPS) is 12.5. The smallest absolute Gasteiger partial charge is 0.121 e. The summed E-state index contributed by atoms with van der Waals surface area (Å²) in [6, 6.07) is 34.0. The summed E-state index contributed by atoms with van der Waals surface area (Å²) in [5.74, 6) is 0.852. The second kappa shape index (κ2) is 7.25. The highest BCUT2D eigenvalue weighted by molar-refractivity contribution is 7.99. The first-order chi connectivity index (χ1) is 15.3. The van der Waals surface area contributed by atoms with Crippen molar-refractivity contribution < 1.29 is 4.74 Å². The molecule has 0 amide bonds. The molecule has 2 heterocycles. The number of nitrogens with zero attached hydrogens (tertiary/aromatic N) is 1. The average molecular weight is 421 g/mol. The number of rotatable bonds is 3. The van der Waals surface area contributed by atoms with Crippen molar-refractivity contribution in [2.24, 2.45) is 0 Å². The highest BCUT2D eigenvalue weighted by Gasteiger charge is 2.29. The van der Waals surface area contributed by atoms with Crippen LogP contribution >= 0.6 is 11.8 Å². The minimum Gasteiger partial charge on any atom is -0.497 e. The van der Waals surface area contributed by atoms with Gasteiger partial charge < -0.3 is 14.6 Å². The molecule has 4 heteroatoms. The van der Waals surface area contributed by atoms with Gasteiger partial charge in [-0.2, -0.15) is 0 Å². The van der Waals surface area contributed by atoms with E-state index in [2.05, 4.69) is 101 Å². The maximum Gasteiger partial charge on any atom is 0.121 e. The van der Waals surface area contributed by atoms with E-state index in [1.807, 2.05) is 6.07 Å². The minimum absolute atomic E-state index is 0.852. The average Bonchev–Trinajstić information content (AvgIpc) is 3.22. The van der Waals surface area contributed by atoms with E-state index in [9.17, 15) is 0 Å². The van der Waals surface area contributed by atoms with Crippen molar-refractivity contribution in [1.82, 2.24) is 4.98 Å². The molecule has 0 aliphatic carbocycles. The molecule has 0 saturated carbocycles. The van der Waals surface area contributed by atoms with Gasteiger partial charge in [0.1, 0.15) is 5.75 Å². The van der Waals surface area contributed by atoms with Crippen LogP contribution in [0, 0.1) is 0 Å². The number of aromatic amines is 1. The number of fused-ring (bicyclic) bond motifs is 3. The maximum atomic E-state index is 5.59. The van der Waals surface area contributed by atoms with Crippen LogP contribution in [0.1, 0.15) is 0 Å². The third kappa shape index (κ3) is 2.91. The predicted molar refractivity (Wildman–Crippen MR) is 129 cm³/mol. The van der Waals surface area contributed by atoms with E-state index in [1.165, 1.54) is 20.9 Å². The Bertz CT molecular complexity index is 1410. The van der Waals surface area contributed by atoms with Crippen molar-refractivity contribution in [1.29, 1.82) is 0 Å². The molecule has 1 aliphatic heterocycles. The van der Waals surface area contributed by atoms with Crippen LogP contribution in [0.5, 0.6) is 5.75 Å². The van der Waals surface area contributed by atoms with E-state index in [0.29, 0.717) is 0 Å². The third-order valence-corrected chi connectivity index (χ3v) is 6.83. The fraction of sp³-hybridized carbons (Fsp3) is 0.0370. The standard InChI is InChI=1S/C27H20N2OS/c1-30-19-15-16-25-23(17-19)29(22-13-7-8-14-24(22)31-25)27-20-11-5-6-12-21(20)28-26(27)18-9-3-2-4-10-18/h2-17,28H,1H3. The van der Waals surface area contributed by atoms with Gasteiger partial charge in [0.05, 0.1) is 29.9 Å². The van der Waals surface area contributed by atoms with Gasteiger partial charge in [-0.25, -0.2) is 0 Å². The molecule has 0 bridgehead atoms. The zero-order valence-corrected chi connectivity index (χ0v) is 17.8. The van der Waals surface area contributed by atoms with Crippen LogP contribution in [0.15, 0.2) is 107 Å². The molecule has 0 spiro atoms. The molecule has 4 aromatic carbocycles. The van der Waals surface area contributed by atoms with Crippen molar-refractivity contribution in [2.75, 3.05) is 12.0 Å². The molecule has 1 aromatic heterocycles. The maximum absolute atomic E-state index is 5.59. The molecule has 0 fully saturated rings. The summed E-state index contributed by atoms with van der Waals surface area (Å²) >= 11 is 1.80. The molecule has 5 aromatic rings. The lowest BCUT2D eigenvalue weighted by atomic mass is 10.1. The number of hydrogen-bond acceptors (Lipinski definition) is 3.